The zero-order valence-corrected chi connectivity index (χ0v) is 11.4. The molecule has 0 rings (SSSR count). The molecule has 77 valence electrons. The number of hydrogen-bond acceptors (Lipinski definition) is 3. The van der Waals surface area contributed by atoms with Gasteiger partial charge in [0.15, 0.2) is 0 Å². The van der Waals surface area contributed by atoms with Crippen LogP contribution in [-0.2, 0) is 32.7 Å². The molecule has 0 aromatic heterocycles. The van der Waals surface area contributed by atoms with Gasteiger partial charge < -0.3 is 23.3 Å². The predicted molar refractivity (Wildman–Crippen MR) is 54.0 cm³/mol. The first kappa shape index (κ1) is 16.4. The summed E-state index contributed by atoms with van der Waals surface area (Å²) in [5, 5.41) is 6.63. The molecular weight excluding hydrogens is 239 g/mol. The van der Waals surface area contributed by atoms with Gasteiger partial charge in [0.1, 0.15) is 0 Å². The minimum Gasteiger partial charge on any atom is -0.342 e. The average Bonchev–Trinajstić information content (AvgIpc) is 2.10. The van der Waals surface area contributed by atoms with Gasteiger partial charge in [-0.15, -0.1) is 0 Å². The summed E-state index contributed by atoms with van der Waals surface area (Å²) in [6.45, 7) is 8.79. The van der Waals surface area contributed by atoms with E-state index in [1.807, 2.05) is 0 Å². The Labute approximate surface area is 107 Å². The monoisotopic (exact) mass is 261 g/mol. The second-order valence-electron chi connectivity index (χ2n) is 2.85. The number of rotatable bonds is 9. The molecule has 0 fully saturated rings. The van der Waals surface area contributed by atoms with Crippen molar-refractivity contribution in [2.75, 3.05) is 32.7 Å². The maximum absolute atomic E-state index is 5.35. The molecule has 4 N–H and O–H groups in total. The van der Waals surface area contributed by atoms with Crippen LogP contribution in [0.15, 0.2) is 0 Å². The summed E-state index contributed by atoms with van der Waals surface area (Å²) in [6, 6.07) is 0. The number of hydrogen-bond donors (Lipinski definition) is 3. The third kappa shape index (κ3) is 15.7. The fourth-order valence-electron chi connectivity index (χ4n) is 0.940. The van der Waals surface area contributed by atoms with Crippen molar-refractivity contribution in [1.29, 1.82) is 0 Å². The molecule has 0 unspecified atom stereocenters. The van der Waals surface area contributed by atoms with Gasteiger partial charge in [-0.05, 0) is 45.6 Å². The fraction of sp³-hybridized carbons (Fsp3) is 0.889. The standard InChI is InChI=1S/C9H22N3.Y/c1-2-6-11-8-4-9-12-7-3-5-10;/h11-12H,1-10H2;/q-1;. The molecule has 0 saturated heterocycles. The van der Waals surface area contributed by atoms with Crippen molar-refractivity contribution in [3.63, 3.8) is 0 Å². The largest absolute Gasteiger partial charge is 0.342 e. The summed E-state index contributed by atoms with van der Waals surface area (Å²) in [5.74, 6) is 0. The van der Waals surface area contributed by atoms with Gasteiger partial charge in [0.05, 0.1) is 0 Å². The van der Waals surface area contributed by atoms with Gasteiger partial charge in [0.2, 0.25) is 0 Å². The van der Waals surface area contributed by atoms with Crippen molar-refractivity contribution in [1.82, 2.24) is 10.6 Å². The Morgan fingerprint density at radius 2 is 1.46 bits per heavy atom. The van der Waals surface area contributed by atoms with Gasteiger partial charge in [0, 0.05) is 32.7 Å². The average molecular weight is 261 g/mol. The van der Waals surface area contributed by atoms with Crippen LogP contribution in [0.3, 0.4) is 0 Å². The Balaban J connectivity index is 0. The maximum Gasteiger partial charge on any atom is 0 e. The molecule has 0 atom stereocenters. The molecule has 0 amide bonds. The van der Waals surface area contributed by atoms with Gasteiger partial charge >= 0.3 is 0 Å². The van der Waals surface area contributed by atoms with Crippen LogP contribution in [0.4, 0.5) is 0 Å². The van der Waals surface area contributed by atoms with Crippen molar-refractivity contribution >= 4 is 0 Å². The van der Waals surface area contributed by atoms with Crippen LogP contribution in [0, 0.1) is 6.92 Å². The molecule has 0 aromatic rings. The Morgan fingerprint density at radius 3 is 2.00 bits per heavy atom. The molecular formula is C9H22N3Y-. The summed E-state index contributed by atoms with van der Waals surface area (Å²) in [4.78, 5) is 0. The van der Waals surface area contributed by atoms with Crippen molar-refractivity contribution < 1.29 is 32.7 Å². The van der Waals surface area contributed by atoms with E-state index in [1.54, 1.807) is 0 Å². The van der Waals surface area contributed by atoms with E-state index < -0.39 is 0 Å². The summed E-state index contributed by atoms with van der Waals surface area (Å²) in [5.41, 5.74) is 5.35. The molecule has 13 heavy (non-hydrogen) atoms. The Morgan fingerprint density at radius 1 is 0.923 bits per heavy atom. The fourth-order valence-corrected chi connectivity index (χ4v) is 0.940. The predicted octanol–water partition coefficient (Wildman–Crippen LogP) is 0.126. The molecule has 0 bridgehead atoms. The molecule has 0 spiro atoms. The summed E-state index contributed by atoms with van der Waals surface area (Å²) in [6.07, 6.45) is 3.23. The zero-order valence-electron chi connectivity index (χ0n) is 8.52. The molecule has 0 aromatic carbocycles. The van der Waals surface area contributed by atoms with Gasteiger partial charge in [-0.1, -0.05) is 0 Å². The quantitative estimate of drug-likeness (QED) is 0.408. The Kier molecular flexibility index (Phi) is 19.5. The molecule has 0 aliphatic heterocycles. The topological polar surface area (TPSA) is 50.1 Å². The van der Waals surface area contributed by atoms with Crippen molar-refractivity contribution in [2.45, 2.75) is 19.3 Å². The van der Waals surface area contributed by atoms with Gasteiger partial charge in [-0.3, -0.25) is 0 Å². The van der Waals surface area contributed by atoms with Gasteiger partial charge in [0.25, 0.3) is 0 Å². The zero-order chi connectivity index (χ0) is 9.07. The van der Waals surface area contributed by atoms with E-state index in [2.05, 4.69) is 17.6 Å². The van der Waals surface area contributed by atoms with E-state index in [4.69, 9.17) is 5.73 Å². The van der Waals surface area contributed by atoms with Crippen LogP contribution in [-0.4, -0.2) is 32.7 Å². The first-order valence-corrected chi connectivity index (χ1v) is 4.82. The van der Waals surface area contributed by atoms with Crippen LogP contribution in [0.5, 0.6) is 0 Å². The van der Waals surface area contributed by atoms with Crippen molar-refractivity contribution in [3.05, 3.63) is 6.92 Å². The van der Waals surface area contributed by atoms with Crippen molar-refractivity contribution in [2.24, 2.45) is 5.73 Å². The normalized spacial score (nSPS) is 9.69. The minimum atomic E-state index is 0. The van der Waals surface area contributed by atoms with Crippen LogP contribution in [0.25, 0.3) is 0 Å². The van der Waals surface area contributed by atoms with E-state index >= 15 is 0 Å². The SMILES string of the molecule is [CH2-]CCNCCCNCCCN.[Y]. The molecule has 0 saturated carbocycles. The summed E-state index contributed by atoms with van der Waals surface area (Å²) < 4.78 is 0. The smallest absolute Gasteiger partial charge is 0 e. The van der Waals surface area contributed by atoms with E-state index in [0.29, 0.717) is 0 Å². The Bertz CT molecular complexity index is 71.3. The van der Waals surface area contributed by atoms with Crippen molar-refractivity contribution in [3.8, 4) is 0 Å². The van der Waals surface area contributed by atoms with Crippen LogP contribution in [0.1, 0.15) is 19.3 Å². The molecule has 0 aliphatic rings. The van der Waals surface area contributed by atoms with Gasteiger partial charge in [-0.2, -0.15) is 6.42 Å². The second-order valence-corrected chi connectivity index (χ2v) is 2.85. The van der Waals surface area contributed by atoms with E-state index in [1.165, 1.54) is 6.42 Å². The van der Waals surface area contributed by atoms with E-state index in [0.717, 1.165) is 45.6 Å². The van der Waals surface area contributed by atoms with Crippen LogP contribution < -0.4 is 16.4 Å². The summed E-state index contributed by atoms with van der Waals surface area (Å²) >= 11 is 0. The van der Waals surface area contributed by atoms with E-state index in [-0.39, 0.29) is 32.7 Å². The number of nitrogens with one attached hydrogen (secondary N) is 2. The molecule has 0 aliphatic carbocycles. The molecule has 0 heterocycles. The van der Waals surface area contributed by atoms with Crippen LogP contribution >= 0.6 is 0 Å². The number of nitrogens with two attached hydrogens (primary N) is 1. The molecule has 1 radical (unpaired) electrons. The third-order valence-electron chi connectivity index (χ3n) is 1.62. The molecule has 3 nitrogen and oxygen atoms in total. The minimum absolute atomic E-state index is 0. The summed E-state index contributed by atoms with van der Waals surface area (Å²) in [7, 11) is 0. The van der Waals surface area contributed by atoms with Crippen LogP contribution in [0.2, 0.25) is 0 Å². The Hall–Kier alpha value is 0.984. The second kappa shape index (κ2) is 15.5. The molecule has 4 heteroatoms. The van der Waals surface area contributed by atoms with E-state index in [9.17, 15) is 0 Å². The first-order valence-electron chi connectivity index (χ1n) is 4.82. The van der Waals surface area contributed by atoms with Gasteiger partial charge in [-0.25, -0.2) is 0 Å². The maximum atomic E-state index is 5.35. The first-order chi connectivity index (χ1) is 5.91. The third-order valence-corrected chi connectivity index (χ3v) is 1.62.